The summed E-state index contributed by atoms with van der Waals surface area (Å²) in [6, 6.07) is 8.06. The molecule has 0 unspecified atom stereocenters. The summed E-state index contributed by atoms with van der Waals surface area (Å²) < 4.78 is 7.40. The van der Waals surface area contributed by atoms with Crippen LogP contribution in [0.2, 0.25) is 0 Å². The van der Waals surface area contributed by atoms with Gasteiger partial charge in [0, 0.05) is 19.3 Å². The predicted octanol–water partition coefficient (Wildman–Crippen LogP) is 1.59. The highest BCUT2D eigenvalue weighted by atomic mass is 16.5. The molecule has 0 aliphatic heterocycles. The second kappa shape index (κ2) is 5.50. The molecular formula is C13H17N3O. The molecule has 0 saturated carbocycles. The second-order valence-corrected chi connectivity index (χ2v) is 3.84. The van der Waals surface area contributed by atoms with Gasteiger partial charge >= 0.3 is 0 Å². The second-order valence-electron chi connectivity index (χ2n) is 3.84. The van der Waals surface area contributed by atoms with Crippen LogP contribution in [0.1, 0.15) is 11.3 Å². The van der Waals surface area contributed by atoms with Crippen molar-refractivity contribution >= 4 is 0 Å². The van der Waals surface area contributed by atoms with Crippen LogP contribution in [0.15, 0.2) is 36.8 Å². The summed E-state index contributed by atoms with van der Waals surface area (Å²) in [6.07, 6.45) is 4.53. The molecule has 2 aromatic rings. The van der Waals surface area contributed by atoms with Gasteiger partial charge in [-0.15, -0.1) is 0 Å². The van der Waals surface area contributed by atoms with E-state index in [2.05, 4.69) is 15.6 Å². The average molecular weight is 231 g/mol. The van der Waals surface area contributed by atoms with Gasteiger partial charge in [0.1, 0.15) is 5.75 Å². The summed E-state index contributed by atoms with van der Waals surface area (Å²) >= 11 is 0. The van der Waals surface area contributed by atoms with Crippen molar-refractivity contribution in [3.8, 4) is 5.75 Å². The van der Waals surface area contributed by atoms with Crippen molar-refractivity contribution in [1.29, 1.82) is 0 Å². The fraction of sp³-hybridized carbons (Fsp3) is 0.308. The number of nitrogens with zero attached hydrogens (tertiary/aromatic N) is 2. The summed E-state index contributed by atoms with van der Waals surface area (Å²) in [4.78, 5) is 4.10. The van der Waals surface area contributed by atoms with Crippen LogP contribution in [0.25, 0.3) is 0 Å². The maximum Gasteiger partial charge on any atom is 0.122 e. The summed E-state index contributed by atoms with van der Waals surface area (Å²) in [5.74, 6) is 0.932. The number of ether oxygens (including phenoxy) is 1. The Morgan fingerprint density at radius 2 is 2.18 bits per heavy atom. The number of rotatable bonds is 5. The highest BCUT2D eigenvalue weighted by molar-refractivity contribution is 5.33. The minimum Gasteiger partial charge on any atom is -0.496 e. The van der Waals surface area contributed by atoms with Crippen LogP contribution in [0.4, 0.5) is 0 Å². The first-order valence-electron chi connectivity index (χ1n) is 5.66. The first kappa shape index (κ1) is 11.7. The normalized spacial score (nSPS) is 10.5. The van der Waals surface area contributed by atoms with E-state index in [0.717, 1.165) is 24.4 Å². The molecule has 0 saturated heterocycles. The number of nitrogens with two attached hydrogens (primary N) is 1. The smallest absolute Gasteiger partial charge is 0.122 e. The van der Waals surface area contributed by atoms with Crippen LogP contribution >= 0.6 is 0 Å². The molecule has 1 heterocycles. The lowest BCUT2D eigenvalue weighted by atomic mass is 10.1. The Morgan fingerprint density at radius 1 is 1.35 bits per heavy atom. The number of imidazole rings is 1. The van der Waals surface area contributed by atoms with E-state index in [9.17, 15) is 0 Å². The molecule has 0 atom stereocenters. The standard InChI is InChI=1S/C13H17N3O/c1-17-13-5-3-2-4-11(13)6-7-16-10-15-9-12(16)8-14/h2-5,9-10H,6-8,14H2,1H3. The molecule has 0 amide bonds. The molecule has 90 valence electrons. The molecule has 0 aliphatic rings. The largest absolute Gasteiger partial charge is 0.496 e. The van der Waals surface area contributed by atoms with E-state index in [0.29, 0.717) is 6.54 Å². The van der Waals surface area contributed by atoms with Crippen molar-refractivity contribution in [1.82, 2.24) is 9.55 Å². The Hall–Kier alpha value is -1.81. The zero-order chi connectivity index (χ0) is 12.1. The van der Waals surface area contributed by atoms with E-state index in [1.165, 1.54) is 5.56 Å². The molecule has 4 nitrogen and oxygen atoms in total. The fourth-order valence-corrected chi connectivity index (χ4v) is 1.87. The Balaban J connectivity index is 2.07. The number of aryl methyl sites for hydroxylation is 2. The van der Waals surface area contributed by atoms with Crippen LogP contribution in [0, 0.1) is 0 Å². The fourth-order valence-electron chi connectivity index (χ4n) is 1.87. The number of methoxy groups -OCH3 is 1. The van der Waals surface area contributed by atoms with Crippen LogP contribution in [0.3, 0.4) is 0 Å². The summed E-state index contributed by atoms with van der Waals surface area (Å²) in [6.45, 7) is 1.39. The van der Waals surface area contributed by atoms with Crippen LogP contribution in [-0.2, 0) is 19.5 Å². The van der Waals surface area contributed by atoms with E-state index in [4.69, 9.17) is 10.5 Å². The lowest BCUT2D eigenvalue weighted by Crippen LogP contribution is -2.08. The Bertz CT molecular complexity index is 479. The number of hydrogen-bond acceptors (Lipinski definition) is 3. The quantitative estimate of drug-likeness (QED) is 0.850. The van der Waals surface area contributed by atoms with Gasteiger partial charge in [-0.3, -0.25) is 0 Å². The third-order valence-corrected chi connectivity index (χ3v) is 2.82. The molecule has 0 bridgehead atoms. The minimum atomic E-state index is 0.520. The number of hydrogen-bond donors (Lipinski definition) is 1. The predicted molar refractivity (Wildman–Crippen MR) is 66.8 cm³/mol. The minimum absolute atomic E-state index is 0.520. The molecular weight excluding hydrogens is 214 g/mol. The third-order valence-electron chi connectivity index (χ3n) is 2.82. The zero-order valence-corrected chi connectivity index (χ0v) is 9.97. The maximum atomic E-state index is 5.63. The molecule has 0 spiro atoms. The van der Waals surface area contributed by atoms with Gasteiger partial charge in [0.2, 0.25) is 0 Å². The number of para-hydroxylation sites is 1. The van der Waals surface area contributed by atoms with E-state index in [1.54, 1.807) is 7.11 Å². The van der Waals surface area contributed by atoms with Crippen molar-refractivity contribution in [2.45, 2.75) is 19.5 Å². The topological polar surface area (TPSA) is 53.1 Å². The highest BCUT2D eigenvalue weighted by Crippen LogP contribution is 2.18. The van der Waals surface area contributed by atoms with Gasteiger partial charge in [-0.05, 0) is 18.1 Å². The van der Waals surface area contributed by atoms with Gasteiger partial charge < -0.3 is 15.0 Å². The average Bonchev–Trinajstić information content (AvgIpc) is 2.84. The lowest BCUT2D eigenvalue weighted by Gasteiger charge is -2.10. The van der Waals surface area contributed by atoms with E-state index in [1.807, 2.05) is 30.7 Å². The van der Waals surface area contributed by atoms with Crippen molar-refractivity contribution in [2.24, 2.45) is 5.73 Å². The first-order valence-corrected chi connectivity index (χ1v) is 5.66. The molecule has 17 heavy (non-hydrogen) atoms. The van der Waals surface area contributed by atoms with Crippen LogP contribution < -0.4 is 10.5 Å². The first-order chi connectivity index (χ1) is 8.35. The lowest BCUT2D eigenvalue weighted by molar-refractivity contribution is 0.408. The van der Waals surface area contributed by atoms with E-state index in [-0.39, 0.29) is 0 Å². The van der Waals surface area contributed by atoms with Gasteiger partial charge in [-0.2, -0.15) is 0 Å². The summed E-state index contributed by atoms with van der Waals surface area (Å²) in [7, 11) is 1.70. The molecule has 4 heteroatoms. The Kier molecular flexibility index (Phi) is 3.77. The SMILES string of the molecule is COc1ccccc1CCn1cncc1CN. The van der Waals surface area contributed by atoms with Crippen molar-refractivity contribution in [3.05, 3.63) is 48.0 Å². The summed E-state index contributed by atoms with van der Waals surface area (Å²) in [5, 5.41) is 0. The molecule has 0 fully saturated rings. The number of aromatic nitrogens is 2. The number of benzene rings is 1. The summed E-state index contributed by atoms with van der Waals surface area (Å²) in [5.41, 5.74) is 7.89. The van der Waals surface area contributed by atoms with E-state index >= 15 is 0 Å². The molecule has 1 aromatic carbocycles. The third kappa shape index (κ3) is 2.65. The van der Waals surface area contributed by atoms with Crippen molar-refractivity contribution in [3.63, 3.8) is 0 Å². The van der Waals surface area contributed by atoms with Gasteiger partial charge in [-0.1, -0.05) is 18.2 Å². The molecule has 2 N–H and O–H groups in total. The van der Waals surface area contributed by atoms with Gasteiger partial charge in [0.25, 0.3) is 0 Å². The Morgan fingerprint density at radius 3 is 2.94 bits per heavy atom. The maximum absolute atomic E-state index is 5.63. The van der Waals surface area contributed by atoms with Gasteiger partial charge in [0.15, 0.2) is 0 Å². The van der Waals surface area contributed by atoms with Crippen LogP contribution in [-0.4, -0.2) is 16.7 Å². The van der Waals surface area contributed by atoms with Crippen LogP contribution in [0.5, 0.6) is 5.75 Å². The Labute approximate surface area is 101 Å². The molecule has 0 aliphatic carbocycles. The highest BCUT2D eigenvalue weighted by Gasteiger charge is 2.04. The van der Waals surface area contributed by atoms with Crippen molar-refractivity contribution in [2.75, 3.05) is 7.11 Å². The molecule has 2 rings (SSSR count). The monoisotopic (exact) mass is 231 g/mol. The molecule has 1 aromatic heterocycles. The molecule has 0 radical (unpaired) electrons. The van der Waals surface area contributed by atoms with E-state index < -0.39 is 0 Å². The zero-order valence-electron chi connectivity index (χ0n) is 9.97. The van der Waals surface area contributed by atoms with Gasteiger partial charge in [0.05, 0.1) is 19.1 Å². The van der Waals surface area contributed by atoms with Crippen molar-refractivity contribution < 1.29 is 4.74 Å². The van der Waals surface area contributed by atoms with Gasteiger partial charge in [-0.25, -0.2) is 4.98 Å².